The van der Waals surface area contributed by atoms with Crippen LogP contribution in [0.3, 0.4) is 0 Å². The van der Waals surface area contributed by atoms with E-state index in [1.807, 2.05) is 84.6 Å². The molecule has 0 aromatic heterocycles. The minimum absolute atomic E-state index is 0.00727. The summed E-state index contributed by atoms with van der Waals surface area (Å²) < 4.78 is 6.28. The van der Waals surface area contributed by atoms with Crippen LogP contribution in [0.15, 0.2) is 94.1 Å². The average Bonchev–Trinajstić information content (AvgIpc) is 2.89. The number of amidine groups is 1. The van der Waals surface area contributed by atoms with Crippen LogP contribution in [0.5, 0.6) is 5.75 Å². The Morgan fingerprint density at radius 2 is 1.67 bits per heavy atom. The van der Waals surface area contributed by atoms with E-state index in [9.17, 15) is 15.3 Å². The third kappa shape index (κ3) is 4.26. The first-order valence-electron chi connectivity index (χ1n) is 11.9. The Morgan fingerprint density at radius 3 is 2.31 bits per heavy atom. The van der Waals surface area contributed by atoms with E-state index in [0.29, 0.717) is 35.3 Å². The number of aliphatic hydroxyl groups excluding tert-OH is 1. The summed E-state index contributed by atoms with van der Waals surface area (Å²) in [6.45, 7) is 1.99. The molecule has 0 radical (unpaired) electrons. The van der Waals surface area contributed by atoms with Gasteiger partial charge in [0.1, 0.15) is 17.3 Å². The Morgan fingerprint density at radius 1 is 1.00 bits per heavy atom. The Labute approximate surface area is 219 Å². The first-order chi connectivity index (χ1) is 17.4. The number of nitrogens with zero attached hydrogens (tertiary/aromatic N) is 1. The number of rotatable bonds is 4. The summed E-state index contributed by atoms with van der Waals surface area (Å²) in [5.74, 6) is 0.385. The van der Waals surface area contributed by atoms with Crippen LogP contribution in [-0.2, 0) is 4.79 Å². The molecule has 2 aliphatic rings. The molecule has 1 aliphatic heterocycles. The summed E-state index contributed by atoms with van der Waals surface area (Å²) in [7, 11) is 1.61. The molecule has 5 nitrogen and oxygen atoms in total. The minimum Gasteiger partial charge on any atom is -0.507 e. The number of carbonyl (C=O) groups excluding carboxylic acids is 1. The highest BCUT2D eigenvalue weighted by Gasteiger charge is 2.43. The number of hydrogen-bond acceptors (Lipinski definition) is 4. The van der Waals surface area contributed by atoms with Crippen LogP contribution in [0.1, 0.15) is 41.9 Å². The molecule has 1 atom stereocenters. The molecule has 0 saturated carbocycles. The first-order valence-corrected chi connectivity index (χ1v) is 12.7. The number of hydrogen-bond donors (Lipinski definition) is 2. The van der Waals surface area contributed by atoms with Crippen molar-refractivity contribution in [3.63, 3.8) is 0 Å². The van der Waals surface area contributed by atoms with Crippen LogP contribution in [0.2, 0.25) is 0 Å². The fourth-order valence-electron chi connectivity index (χ4n) is 5.06. The first kappa shape index (κ1) is 24.1. The largest absolute Gasteiger partial charge is 0.507 e. The Hall–Kier alpha value is -3.64. The van der Waals surface area contributed by atoms with Crippen LogP contribution in [-0.4, -0.2) is 23.8 Å². The second-order valence-electron chi connectivity index (χ2n) is 9.13. The van der Waals surface area contributed by atoms with Gasteiger partial charge in [0.05, 0.1) is 7.11 Å². The van der Waals surface area contributed by atoms with Gasteiger partial charge in [-0.3, -0.25) is 15.1 Å². The van der Waals surface area contributed by atoms with Crippen molar-refractivity contribution in [1.82, 2.24) is 0 Å². The van der Waals surface area contributed by atoms with Gasteiger partial charge in [-0.1, -0.05) is 57.9 Å². The zero-order valence-electron chi connectivity index (χ0n) is 20.2. The van der Waals surface area contributed by atoms with E-state index in [2.05, 4.69) is 15.9 Å². The molecule has 2 N–H and O–H groups in total. The number of ether oxygens (including phenoxy) is 1. The molecular formula is C30H27BrN2O3. The molecule has 6 heteroatoms. The molecule has 1 aliphatic carbocycles. The number of ketones is 1. The van der Waals surface area contributed by atoms with Crippen molar-refractivity contribution < 1.29 is 14.6 Å². The van der Waals surface area contributed by atoms with E-state index in [1.165, 1.54) is 0 Å². The highest BCUT2D eigenvalue weighted by molar-refractivity contribution is 9.10. The molecule has 1 heterocycles. The number of nitrogens with one attached hydrogen (secondary N) is 1. The third-order valence-corrected chi connectivity index (χ3v) is 7.40. The van der Waals surface area contributed by atoms with Gasteiger partial charge in [0.2, 0.25) is 0 Å². The fourth-order valence-corrected chi connectivity index (χ4v) is 5.33. The molecule has 0 unspecified atom stereocenters. The lowest BCUT2D eigenvalue weighted by atomic mass is 9.73. The predicted octanol–water partition coefficient (Wildman–Crippen LogP) is 7.32. The molecule has 0 saturated heterocycles. The average molecular weight is 543 g/mol. The predicted molar refractivity (Wildman–Crippen MR) is 147 cm³/mol. The van der Waals surface area contributed by atoms with Crippen molar-refractivity contribution in [1.29, 1.82) is 5.41 Å². The van der Waals surface area contributed by atoms with E-state index in [1.54, 1.807) is 7.11 Å². The number of halogens is 1. The fraction of sp³-hybridized carbons (Fsp3) is 0.200. The molecule has 0 amide bonds. The quantitative estimate of drug-likeness (QED) is 0.338. The van der Waals surface area contributed by atoms with Gasteiger partial charge in [-0.25, -0.2) is 0 Å². The zero-order chi connectivity index (χ0) is 25.4. The van der Waals surface area contributed by atoms with Crippen LogP contribution in [0.25, 0.3) is 5.76 Å². The van der Waals surface area contributed by atoms with Gasteiger partial charge in [0.25, 0.3) is 0 Å². The van der Waals surface area contributed by atoms with E-state index in [-0.39, 0.29) is 17.4 Å². The van der Waals surface area contributed by atoms with E-state index in [0.717, 1.165) is 33.4 Å². The van der Waals surface area contributed by atoms with Crippen molar-refractivity contribution in [2.75, 3.05) is 12.0 Å². The van der Waals surface area contributed by atoms with Crippen LogP contribution >= 0.6 is 15.9 Å². The van der Waals surface area contributed by atoms with Gasteiger partial charge in [-0.15, -0.1) is 0 Å². The topological polar surface area (TPSA) is 73.6 Å². The molecule has 3 aromatic rings. The van der Waals surface area contributed by atoms with Gasteiger partial charge in [0, 0.05) is 44.9 Å². The summed E-state index contributed by atoms with van der Waals surface area (Å²) >= 11 is 3.49. The minimum atomic E-state index is -0.556. The maximum Gasteiger partial charge on any atom is 0.161 e. The van der Waals surface area contributed by atoms with E-state index in [4.69, 9.17) is 4.74 Å². The molecule has 36 heavy (non-hydrogen) atoms. The maximum absolute atomic E-state index is 13.5. The summed E-state index contributed by atoms with van der Waals surface area (Å²) in [4.78, 5) is 15.4. The molecule has 0 fully saturated rings. The molecule has 5 rings (SSSR count). The highest BCUT2D eigenvalue weighted by atomic mass is 79.9. The Bertz CT molecular complexity index is 1390. The second-order valence-corrected chi connectivity index (χ2v) is 10.0. The normalized spacial score (nSPS) is 19.3. The third-order valence-electron chi connectivity index (χ3n) is 6.87. The smallest absolute Gasteiger partial charge is 0.161 e. The maximum atomic E-state index is 13.5. The summed E-state index contributed by atoms with van der Waals surface area (Å²) in [5, 5.41) is 21.1. The molecular weight excluding hydrogens is 516 g/mol. The number of Topliss-reactive ketones (excluding diaryl/α,β-unsaturated/α-hetero) is 1. The molecule has 0 spiro atoms. The number of carbonyl (C=O) groups is 1. The number of aliphatic hydroxyl groups is 1. The van der Waals surface area contributed by atoms with E-state index < -0.39 is 5.92 Å². The number of benzene rings is 3. The second kappa shape index (κ2) is 9.78. The summed E-state index contributed by atoms with van der Waals surface area (Å²) in [6.07, 6.45) is 1.87. The number of allylic oxidation sites excluding steroid dienone is 2. The van der Waals surface area contributed by atoms with Gasteiger partial charge in [-0.2, -0.15) is 0 Å². The van der Waals surface area contributed by atoms with Gasteiger partial charge in [-0.05, 0) is 61.7 Å². The Kier molecular flexibility index (Phi) is 6.54. The number of anilines is 1. The van der Waals surface area contributed by atoms with Crippen LogP contribution < -0.4 is 9.64 Å². The standard InChI is InChI=1S/C30H27BrN2O3/c1-18-6-8-20(9-7-18)29(35)28-26(19-10-16-23(36-2)17-11-19)27-24(4-3-5-25(27)34)33(30(28)32)22-14-12-21(31)13-15-22/h6-17,26,32,35H,3-5H2,1-2H3/b29-28+,32-30?/t26-/m0/s1. The van der Waals surface area contributed by atoms with Crippen molar-refractivity contribution in [2.24, 2.45) is 0 Å². The van der Waals surface area contributed by atoms with Gasteiger partial charge >= 0.3 is 0 Å². The van der Waals surface area contributed by atoms with Crippen molar-refractivity contribution in [3.8, 4) is 5.75 Å². The van der Waals surface area contributed by atoms with Gasteiger partial charge in [0.15, 0.2) is 5.78 Å². The summed E-state index contributed by atoms with van der Waals surface area (Å²) in [6, 6.07) is 22.8. The molecule has 182 valence electrons. The molecule has 3 aromatic carbocycles. The lowest BCUT2D eigenvalue weighted by Gasteiger charge is -2.41. The summed E-state index contributed by atoms with van der Waals surface area (Å²) in [5.41, 5.74) is 5.22. The Balaban J connectivity index is 1.80. The van der Waals surface area contributed by atoms with Gasteiger partial charge < -0.3 is 9.84 Å². The van der Waals surface area contributed by atoms with Crippen LogP contribution in [0.4, 0.5) is 5.69 Å². The SMILES string of the molecule is COc1ccc([C@H]2C3=C(CCCC3=O)N(c3ccc(Br)cc3)C(=N)/C2=C(/O)c2ccc(C)cc2)cc1. The van der Waals surface area contributed by atoms with E-state index >= 15 is 0 Å². The zero-order valence-corrected chi connectivity index (χ0v) is 21.8. The number of aryl methyl sites for hydroxylation is 1. The van der Waals surface area contributed by atoms with Crippen molar-refractivity contribution in [3.05, 3.63) is 111 Å². The van der Waals surface area contributed by atoms with Crippen LogP contribution in [0, 0.1) is 12.3 Å². The van der Waals surface area contributed by atoms with Crippen molar-refractivity contribution >= 4 is 39.0 Å². The molecule has 0 bridgehead atoms. The highest BCUT2D eigenvalue weighted by Crippen LogP contribution is 2.48. The number of methoxy groups -OCH3 is 1. The lowest BCUT2D eigenvalue weighted by molar-refractivity contribution is -0.116. The lowest BCUT2D eigenvalue weighted by Crippen LogP contribution is -2.42. The monoisotopic (exact) mass is 542 g/mol. The van der Waals surface area contributed by atoms with Crippen molar-refractivity contribution in [2.45, 2.75) is 32.1 Å².